The van der Waals surface area contributed by atoms with E-state index in [0.29, 0.717) is 19.1 Å². The molecule has 0 saturated carbocycles. The highest BCUT2D eigenvalue weighted by Crippen LogP contribution is 2.36. The van der Waals surface area contributed by atoms with Crippen molar-refractivity contribution in [1.82, 2.24) is 5.32 Å². The van der Waals surface area contributed by atoms with Crippen LogP contribution >= 0.6 is 11.6 Å². The summed E-state index contributed by atoms with van der Waals surface area (Å²) in [6.45, 7) is 4.57. The van der Waals surface area contributed by atoms with Crippen molar-refractivity contribution >= 4 is 11.6 Å². The minimum Gasteiger partial charge on any atom is -0.486 e. The average Bonchev–Trinajstić information content (AvgIpc) is 2.42. The predicted molar refractivity (Wildman–Crippen MR) is 78.5 cm³/mol. The van der Waals surface area contributed by atoms with Gasteiger partial charge in [0.25, 0.3) is 0 Å². The Balaban J connectivity index is 1.96. The smallest absolute Gasteiger partial charge is 0.162 e. The number of nitrogens with one attached hydrogen (secondary N) is 1. The first-order valence-corrected chi connectivity index (χ1v) is 7.31. The lowest BCUT2D eigenvalue weighted by molar-refractivity contribution is 0.171. The summed E-state index contributed by atoms with van der Waals surface area (Å²) in [5, 5.41) is 3.97. The molecule has 0 saturated heterocycles. The van der Waals surface area contributed by atoms with Gasteiger partial charge in [0, 0.05) is 11.1 Å². The van der Waals surface area contributed by atoms with Crippen molar-refractivity contribution in [2.45, 2.75) is 26.2 Å². The van der Waals surface area contributed by atoms with Crippen LogP contribution in [0.4, 0.5) is 0 Å². The van der Waals surface area contributed by atoms with Gasteiger partial charge in [-0.15, -0.1) is 0 Å². The number of benzene rings is 1. The highest BCUT2D eigenvalue weighted by molar-refractivity contribution is 6.31. The molecule has 1 aliphatic heterocycles. The third kappa shape index (κ3) is 4.02. The van der Waals surface area contributed by atoms with Crippen LogP contribution in [0.1, 0.15) is 25.3 Å². The first-order valence-electron chi connectivity index (χ1n) is 6.93. The van der Waals surface area contributed by atoms with E-state index < -0.39 is 0 Å². The summed E-state index contributed by atoms with van der Waals surface area (Å²) in [6.07, 6.45) is 3.32. The minimum atomic E-state index is 0.601. The fraction of sp³-hybridized carbons (Fsp3) is 0.600. The van der Waals surface area contributed by atoms with Gasteiger partial charge in [-0.05, 0) is 50.4 Å². The monoisotopic (exact) mass is 283 g/mol. The lowest BCUT2D eigenvalue weighted by Gasteiger charge is -2.20. The predicted octanol–water partition coefficient (Wildman–Crippen LogP) is 3.29. The summed E-state index contributed by atoms with van der Waals surface area (Å²) < 4.78 is 11.1. The second-order valence-electron chi connectivity index (χ2n) is 5.12. The van der Waals surface area contributed by atoms with Crippen LogP contribution in [-0.4, -0.2) is 26.8 Å². The molecular weight excluding hydrogens is 262 g/mol. The van der Waals surface area contributed by atoms with Gasteiger partial charge in [0.1, 0.15) is 13.2 Å². The lowest BCUT2D eigenvalue weighted by Crippen LogP contribution is -2.15. The Kier molecular flexibility index (Phi) is 5.34. The molecule has 1 N–H and O–H groups in total. The molecule has 19 heavy (non-hydrogen) atoms. The molecule has 1 aromatic rings. The van der Waals surface area contributed by atoms with Crippen LogP contribution in [0.3, 0.4) is 0 Å². The van der Waals surface area contributed by atoms with E-state index in [1.165, 1.54) is 6.42 Å². The lowest BCUT2D eigenvalue weighted by atomic mass is 9.98. The largest absolute Gasteiger partial charge is 0.486 e. The van der Waals surface area contributed by atoms with E-state index in [2.05, 4.69) is 12.2 Å². The maximum atomic E-state index is 6.30. The molecule has 0 amide bonds. The number of ether oxygens (including phenoxy) is 2. The van der Waals surface area contributed by atoms with Gasteiger partial charge in [0.15, 0.2) is 11.5 Å². The van der Waals surface area contributed by atoms with Crippen LogP contribution in [0.25, 0.3) is 0 Å². The Labute approximate surface area is 120 Å². The fourth-order valence-electron chi connectivity index (χ4n) is 2.23. The van der Waals surface area contributed by atoms with E-state index in [4.69, 9.17) is 21.1 Å². The van der Waals surface area contributed by atoms with Gasteiger partial charge in [0.05, 0.1) is 0 Å². The summed E-state index contributed by atoms with van der Waals surface area (Å²) in [7, 11) is 1.99. The van der Waals surface area contributed by atoms with Gasteiger partial charge in [-0.2, -0.15) is 0 Å². The first-order chi connectivity index (χ1) is 9.20. The maximum absolute atomic E-state index is 6.30. The molecule has 4 heteroatoms. The average molecular weight is 284 g/mol. The van der Waals surface area contributed by atoms with Gasteiger partial charge < -0.3 is 14.8 Å². The molecule has 2 rings (SSSR count). The van der Waals surface area contributed by atoms with Crippen LogP contribution < -0.4 is 14.8 Å². The topological polar surface area (TPSA) is 30.5 Å². The standard InChI is InChI=1S/C15H22ClNO2/c1-11(5-6-17-2)3-4-12-9-14-15(10-13(12)16)19-8-7-18-14/h9-11,17H,3-8H2,1-2H3. The van der Waals surface area contributed by atoms with E-state index in [0.717, 1.165) is 41.5 Å². The Bertz CT molecular complexity index is 423. The molecule has 0 spiro atoms. The van der Waals surface area contributed by atoms with Crippen molar-refractivity contribution in [1.29, 1.82) is 0 Å². The number of hydrogen-bond acceptors (Lipinski definition) is 3. The highest BCUT2D eigenvalue weighted by Gasteiger charge is 2.15. The molecule has 0 aromatic heterocycles. The van der Waals surface area contributed by atoms with Gasteiger partial charge in [-0.3, -0.25) is 0 Å². The van der Waals surface area contributed by atoms with Crippen molar-refractivity contribution in [2.75, 3.05) is 26.8 Å². The van der Waals surface area contributed by atoms with Crippen molar-refractivity contribution < 1.29 is 9.47 Å². The minimum absolute atomic E-state index is 0.601. The molecule has 1 aromatic carbocycles. The van der Waals surface area contributed by atoms with Crippen molar-refractivity contribution in [3.8, 4) is 11.5 Å². The van der Waals surface area contributed by atoms with Crippen LogP contribution in [0.5, 0.6) is 11.5 Å². The van der Waals surface area contributed by atoms with Crippen molar-refractivity contribution in [2.24, 2.45) is 5.92 Å². The molecule has 1 unspecified atom stereocenters. The third-order valence-electron chi connectivity index (χ3n) is 3.50. The van der Waals surface area contributed by atoms with Gasteiger partial charge in [-0.1, -0.05) is 18.5 Å². The van der Waals surface area contributed by atoms with Crippen molar-refractivity contribution in [3.05, 3.63) is 22.7 Å². The summed E-state index contributed by atoms with van der Waals surface area (Å²) >= 11 is 6.30. The fourth-order valence-corrected chi connectivity index (χ4v) is 2.48. The molecule has 106 valence electrons. The summed E-state index contributed by atoms with van der Waals surface area (Å²) in [5.74, 6) is 2.29. The van der Waals surface area contributed by atoms with Gasteiger partial charge in [-0.25, -0.2) is 0 Å². The van der Waals surface area contributed by atoms with E-state index in [1.54, 1.807) is 0 Å². The third-order valence-corrected chi connectivity index (χ3v) is 3.86. The number of hydrogen-bond donors (Lipinski definition) is 1. The number of aryl methyl sites for hydroxylation is 1. The normalized spacial score (nSPS) is 15.3. The molecule has 1 atom stereocenters. The summed E-state index contributed by atoms with van der Waals surface area (Å²) in [6, 6.07) is 3.91. The Morgan fingerprint density at radius 3 is 2.58 bits per heavy atom. The molecule has 1 heterocycles. The SMILES string of the molecule is CNCCC(C)CCc1cc2c(cc1Cl)OCCO2. The molecular formula is C15H22ClNO2. The highest BCUT2D eigenvalue weighted by atomic mass is 35.5. The van der Waals surface area contributed by atoms with E-state index >= 15 is 0 Å². The number of rotatable bonds is 6. The Morgan fingerprint density at radius 1 is 1.21 bits per heavy atom. The second-order valence-corrected chi connectivity index (χ2v) is 5.53. The maximum Gasteiger partial charge on any atom is 0.162 e. The zero-order chi connectivity index (χ0) is 13.7. The van der Waals surface area contributed by atoms with Crippen LogP contribution in [0.15, 0.2) is 12.1 Å². The summed E-state index contributed by atoms with van der Waals surface area (Å²) in [4.78, 5) is 0. The molecule has 3 nitrogen and oxygen atoms in total. The van der Waals surface area contributed by atoms with E-state index in [1.807, 2.05) is 19.2 Å². The zero-order valence-electron chi connectivity index (χ0n) is 11.7. The quantitative estimate of drug-likeness (QED) is 0.869. The molecule has 0 radical (unpaired) electrons. The van der Waals surface area contributed by atoms with E-state index in [-0.39, 0.29) is 0 Å². The zero-order valence-corrected chi connectivity index (χ0v) is 12.4. The van der Waals surface area contributed by atoms with Crippen LogP contribution in [0.2, 0.25) is 5.02 Å². The van der Waals surface area contributed by atoms with Crippen molar-refractivity contribution in [3.63, 3.8) is 0 Å². The Morgan fingerprint density at radius 2 is 1.89 bits per heavy atom. The Hall–Kier alpha value is -0.930. The van der Waals surface area contributed by atoms with Gasteiger partial charge in [0.2, 0.25) is 0 Å². The van der Waals surface area contributed by atoms with E-state index in [9.17, 15) is 0 Å². The van der Waals surface area contributed by atoms with Gasteiger partial charge >= 0.3 is 0 Å². The summed E-state index contributed by atoms with van der Waals surface area (Å²) in [5.41, 5.74) is 1.15. The number of fused-ring (bicyclic) bond motifs is 1. The second kappa shape index (κ2) is 7.01. The molecule has 0 aliphatic carbocycles. The van der Waals surface area contributed by atoms with Crippen LogP contribution in [-0.2, 0) is 6.42 Å². The van der Waals surface area contributed by atoms with Crippen LogP contribution in [0, 0.1) is 5.92 Å². The molecule has 1 aliphatic rings. The molecule has 0 fully saturated rings. The first kappa shape index (κ1) is 14.5. The number of halogens is 1. The molecule has 0 bridgehead atoms.